The second-order valence-electron chi connectivity index (χ2n) is 6.61. The van der Waals surface area contributed by atoms with Gasteiger partial charge in [0, 0.05) is 25.3 Å². The summed E-state index contributed by atoms with van der Waals surface area (Å²) in [5.74, 6) is 1.06. The molecule has 2 aliphatic rings. The lowest BCUT2D eigenvalue weighted by Gasteiger charge is -2.37. The first-order valence-corrected chi connectivity index (χ1v) is 9.05. The van der Waals surface area contributed by atoms with Crippen molar-refractivity contribution < 1.29 is 19.4 Å². The summed E-state index contributed by atoms with van der Waals surface area (Å²) in [6.45, 7) is 2.60. The van der Waals surface area contributed by atoms with Crippen molar-refractivity contribution in [3.05, 3.63) is 36.4 Å². The molecular formula is C19H26N2O4. The van der Waals surface area contributed by atoms with Crippen molar-refractivity contribution in [3.63, 3.8) is 0 Å². The molecule has 1 aromatic rings. The fraction of sp³-hybridized carbons (Fsp3) is 0.579. The predicted octanol–water partition coefficient (Wildman–Crippen LogP) is 2.71. The molecule has 1 saturated carbocycles. The summed E-state index contributed by atoms with van der Waals surface area (Å²) in [4.78, 5) is 16.6. The van der Waals surface area contributed by atoms with Gasteiger partial charge in [0.15, 0.2) is 5.76 Å². The average molecular weight is 346 g/mol. The topological polar surface area (TPSA) is 80.7 Å². The van der Waals surface area contributed by atoms with E-state index in [0.717, 1.165) is 6.42 Å². The number of rotatable bonds is 8. The number of aliphatic hydroxyl groups is 1. The molecule has 6 heteroatoms. The van der Waals surface area contributed by atoms with Crippen molar-refractivity contribution in [2.24, 2.45) is 17.8 Å². The number of allylic oxidation sites excluding steroid dienone is 1. The van der Waals surface area contributed by atoms with Crippen molar-refractivity contribution in [1.29, 1.82) is 0 Å². The van der Waals surface area contributed by atoms with E-state index in [1.807, 2.05) is 13.0 Å². The van der Waals surface area contributed by atoms with Gasteiger partial charge in [-0.1, -0.05) is 0 Å². The number of ether oxygens (including phenoxy) is 2. The van der Waals surface area contributed by atoms with Crippen LogP contribution in [0, 0.1) is 17.8 Å². The Bertz CT molecular complexity index is 601. The minimum absolute atomic E-state index is 0.158. The molecule has 6 nitrogen and oxygen atoms in total. The van der Waals surface area contributed by atoms with Crippen molar-refractivity contribution in [2.75, 3.05) is 18.5 Å². The van der Waals surface area contributed by atoms with Crippen molar-refractivity contribution in [2.45, 2.75) is 38.9 Å². The maximum Gasteiger partial charge on any atom is 0.290 e. The fourth-order valence-electron chi connectivity index (χ4n) is 3.43. The second-order valence-corrected chi connectivity index (χ2v) is 6.61. The average Bonchev–Trinajstić information content (AvgIpc) is 3.46. The van der Waals surface area contributed by atoms with E-state index in [4.69, 9.17) is 9.47 Å². The van der Waals surface area contributed by atoms with Gasteiger partial charge in [0.2, 0.25) is 6.29 Å². The van der Waals surface area contributed by atoms with Gasteiger partial charge in [0.25, 0.3) is 5.91 Å². The normalized spacial score (nSPS) is 25.8. The summed E-state index contributed by atoms with van der Waals surface area (Å²) in [6, 6.07) is 3.56. The number of pyridine rings is 1. The number of aliphatic hydroxyl groups excluding tert-OH is 1. The summed E-state index contributed by atoms with van der Waals surface area (Å²) in [5.41, 5.74) is 0.635. The van der Waals surface area contributed by atoms with Gasteiger partial charge in [-0.2, -0.15) is 0 Å². The van der Waals surface area contributed by atoms with Crippen molar-refractivity contribution in [1.82, 2.24) is 4.98 Å². The summed E-state index contributed by atoms with van der Waals surface area (Å²) in [7, 11) is 0. The van der Waals surface area contributed by atoms with Gasteiger partial charge < -0.3 is 19.9 Å². The van der Waals surface area contributed by atoms with Crippen LogP contribution in [0.2, 0.25) is 0 Å². The zero-order chi connectivity index (χ0) is 17.6. The number of carbonyl (C=O) groups is 1. The lowest BCUT2D eigenvalue weighted by Crippen LogP contribution is -2.39. The number of hydrogen-bond donors (Lipinski definition) is 2. The van der Waals surface area contributed by atoms with E-state index < -0.39 is 6.29 Å². The maximum atomic E-state index is 12.6. The highest BCUT2D eigenvalue weighted by Gasteiger charge is 2.43. The minimum atomic E-state index is -0.443. The molecule has 25 heavy (non-hydrogen) atoms. The van der Waals surface area contributed by atoms with Gasteiger partial charge in [0.1, 0.15) is 0 Å². The highest BCUT2D eigenvalue weighted by Crippen LogP contribution is 2.47. The van der Waals surface area contributed by atoms with Crippen LogP contribution in [0.4, 0.5) is 5.69 Å². The van der Waals surface area contributed by atoms with Gasteiger partial charge in [-0.25, -0.2) is 0 Å². The maximum absolute atomic E-state index is 12.6. The van der Waals surface area contributed by atoms with Crippen LogP contribution in [0.15, 0.2) is 36.4 Å². The molecule has 0 spiro atoms. The SMILES string of the molecule is CCO[C@@H]1OC(C(=O)Nc2cccnc2)=C[C@H](C2CC2)[C@@H]1CCCO. The van der Waals surface area contributed by atoms with Crippen LogP contribution in [-0.2, 0) is 14.3 Å². The predicted molar refractivity (Wildman–Crippen MR) is 93.5 cm³/mol. The number of anilines is 1. The number of nitrogens with zero attached hydrogens (tertiary/aromatic N) is 1. The summed E-state index contributed by atoms with van der Waals surface area (Å²) in [5, 5.41) is 12.0. The monoisotopic (exact) mass is 346 g/mol. The molecule has 0 radical (unpaired) electrons. The standard InChI is InChI=1S/C19H26N2O4/c1-2-24-19-15(6-4-10-22)16(13-7-8-13)11-17(25-19)18(23)21-14-5-3-9-20-12-14/h3,5,9,11-13,15-16,19,22H,2,4,6-8,10H2,1H3,(H,21,23)/t15-,16+,19+/m0/s1. The van der Waals surface area contributed by atoms with E-state index in [1.165, 1.54) is 12.8 Å². The molecule has 0 bridgehead atoms. The molecule has 1 aliphatic heterocycles. The molecule has 2 N–H and O–H groups in total. The Labute approximate surface area is 148 Å². The zero-order valence-electron chi connectivity index (χ0n) is 14.6. The summed E-state index contributed by atoms with van der Waals surface area (Å²) >= 11 is 0. The third-order valence-electron chi connectivity index (χ3n) is 4.77. The van der Waals surface area contributed by atoms with Crippen molar-refractivity contribution >= 4 is 11.6 Å². The molecule has 1 amide bonds. The van der Waals surface area contributed by atoms with Gasteiger partial charge >= 0.3 is 0 Å². The number of aromatic nitrogens is 1. The van der Waals surface area contributed by atoms with Crippen LogP contribution in [-0.4, -0.2) is 35.5 Å². The van der Waals surface area contributed by atoms with E-state index in [1.54, 1.807) is 24.5 Å². The Balaban J connectivity index is 1.77. The Morgan fingerprint density at radius 1 is 1.48 bits per heavy atom. The molecule has 136 valence electrons. The molecule has 1 aliphatic carbocycles. The molecule has 3 atom stereocenters. The van der Waals surface area contributed by atoms with Gasteiger partial charge in [0.05, 0.1) is 11.9 Å². The summed E-state index contributed by atoms with van der Waals surface area (Å²) in [6.07, 6.45) is 8.67. The number of hydrogen-bond acceptors (Lipinski definition) is 5. The van der Waals surface area contributed by atoms with E-state index in [-0.39, 0.29) is 24.3 Å². The molecule has 3 rings (SSSR count). The summed E-state index contributed by atoms with van der Waals surface area (Å²) < 4.78 is 11.7. The first kappa shape index (κ1) is 17.9. The molecule has 0 unspecified atom stereocenters. The van der Waals surface area contributed by atoms with Crippen molar-refractivity contribution in [3.8, 4) is 0 Å². The third-order valence-corrected chi connectivity index (χ3v) is 4.77. The number of amides is 1. The molecular weight excluding hydrogens is 320 g/mol. The van der Waals surface area contributed by atoms with Gasteiger partial charge in [-0.3, -0.25) is 9.78 Å². The molecule has 1 aromatic heterocycles. The highest BCUT2D eigenvalue weighted by atomic mass is 16.7. The number of carbonyl (C=O) groups excluding carboxylic acids is 1. The smallest absolute Gasteiger partial charge is 0.290 e. The Hall–Kier alpha value is -1.92. The fourth-order valence-corrected chi connectivity index (χ4v) is 3.43. The Kier molecular flexibility index (Phi) is 6.04. The van der Waals surface area contributed by atoms with Gasteiger partial charge in [-0.15, -0.1) is 0 Å². The molecule has 2 heterocycles. The van der Waals surface area contributed by atoms with E-state index in [9.17, 15) is 9.90 Å². The Morgan fingerprint density at radius 3 is 2.96 bits per heavy atom. The molecule has 0 aromatic carbocycles. The largest absolute Gasteiger partial charge is 0.459 e. The van der Waals surface area contributed by atoms with E-state index >= 15 is 0 Å². The van der Waals surface area contributed by atoms with Crippen LogP contribution in [0.1, 0.15) is 32.6 Å². The van der Waals surface area contributed by atoms with Crippen LogP contribution < -0.4 is 5.32 Å². The zero-order valence-corrected chi connectivity index (χ0v) is 14.6. The first-order chi connectivity index (χ1) is 12.2. The lowest BCUT2D eigenvalue weighted by atomic mass is 9.82. The molecule has 0 saturated heterocycles. The van der Waals surface area contributed by atoms with Crippen LogP contribution >= 0.6 is 0 Å². The number of nitrogens with one attached hydrogen (secondary N) is 1. The second kappa shape index (κ2) is 8.45. The van der Waals surface area contributed by atoms with Crippen LogP contribution in [0.3, 0.4) is 0 Å². The minimum Gasteiger partial charge on any atom is -0.459 e. The van der Waals surface area contributed by atoms with Crippen LogP contribution in [0.25, 0.3) is 0 Å². The quantitative estimate of drug-likeness (QED) is 0.756. The Morgan fingerprint density at radius 2 is 2.32 bits per heavy atom. The van der Waals surface area contributed by atoms with Crippen LogP contribution in [0.5, 0.6) is 0 Å². The molecule has 1 fully saturated rings. The van der Waals surface area contributed by atoms with Gasteiger partial charge in [-0.05, 0) is 62.7 Å². The highest BCUT2D eigenvalue weighted by molar-refractivity contribution is 6.02. The third kappa shape index (κ3) is 4.58. The lowest BCUT2D eigenvalue weighted by molar-refractivity contribution is -0.172. The van der Waals surface area contributed by atoms with E-state index in [0.29, 0.717) is 30.4 Å². The van der Waals surface area contributed by atoms with E-state index in [2.05, 4.69) is 10.3 Å². The first-order valence-electron chi connectivity index (χ1n) is 9.05.